The summed E-state index contributed by atoms with van der Waals surface area (Å²) in [6.45, 7) is 7.94. The number of aromatic nitrogens is 3. The van der Waals surface area contributed by atoms with Crippen LogP contribution in [0.25, 0.3) is 10.9 Å². The van der Waals surface area contributed by atoms with Gasteiger partial charge in [0.2, 0.25) is 17.8 Å². The number of piperazine rings is 1. The molecule has 3 saturated heterocycles. The van der Waals surface area contributed by atoms with Gasteiger partial charge in [-0.3, -0.25) is 34.2 Å². The van der Waals surface area contributed by atoms with E-state index in [0.717, 1.165) is 62.8 Å². The number of ether oxygens (including phenoxy) is 2. The maximum absolute atomic E-state index is 16.0. The molecule has 1 saturated carbocycles. The summed E-state index contributed by atoms with van der Waals surface area (Å²) in [6, 6.07) is 10.1. The first-order valence-electron chi connectivity index (χ1n) is 22.0. The Morgan fingerprint density at radius 1 is 0.969 bits per heavy atom. The molecule has 0 radical (unpaired) electrons. The lowest BCUT2D eigenvalue weighted by molar-refractivity contribution is -0.137. The van der Waals surface area contributed by atoms with Gasteiger partial charge in [0.25, 0.3) is 17.4 Å². The number of piperidine rings is 2. The fourth-order valence-corrected chi connectivity index (χ4v) is 9.68. The van der Waals surface area contributed by atoms with Crippen molar-refractivity contribution in [1.82, 2.24) is 35.0 Å². The first kappa shape index (κ1) is 43.4. The molecule has 4 amide bonds. The molecular weight excluding hydrogens is 847 g/mol. The second-order valence-electron chi connectivity index (χ2n) is 17.4. The molecule has 6 heterocycles. The molecule has 338 valence electrons. The average Bonchev–Trinajstić information content (AvgIpc) is 3.61. The fourth-order valence-electron chi connectivity index (χ4n) is 9.54. The Morgan fingerprint density at radius 3 is 2.45 bits per heavy atom. The van der Waals surface area contributed by atoms with Crippen LogP contribution in [0.5, 0.6) is 5.75 Å². The van der Waals surface area contributed by atoms with Crippen LogP contribution in [0, 0.1) is 5.82 Å². The third-order valence-corrected chi connectivity index (χ3v) is 13.4. The summed E-state index contributed by atoms with van der Waals surface area (Å²) in [5.74, 6) is -0.904. The Kier molecular flexibility index (Phi) is 12.2. The van der Waals surface area contributed by atoms with Crippen molar-refractivity contribution in [2.45, 2.75) is 89.3 Å². The minimum absolute atomic E-state index is 0.0113. The SMILES string of the molecule is CNC(=O)COc1cc2cc(Nc3nc(N4CCC(OC5CC(N6CCN(c7ccc8c(c7F)CN(C7CCC(=O)NC7=O)C8=O)CC6)C5)CC4)ncc3Cl)ccc2n(C(C)C)c1=O. The number of carbonyl (C=O) groups excluding carboxylic acids is 4. The topological polar surface area (TPSA) is 184 Å². The Labute approximate surface area is 374 Å². The Morgan fingerprint density at radius 2 is 1.73 bits per heavy atom. The van der Waals surface area contributed by atoms with Gasteiger partial charge in [0.1, 0.15) is 11.1 Å². The quantitative estimate of drug-likeness (QED) is 0.173. The number of hydrogen-bond donors (Lipinski definition) is 3. The lowest BCUT2D eigenvalue weighted by Gasteiger charge is -2.47. The predicted molar refractivity (Wildman–Crippen MR) is 238 cm³/mol. The zero-order chi connectivity index (χ0) is 44.8. The van der Waals surface area contributed by atoms with Crippen LogP contribution in [-0.2, 0) is 25.7 Å². The molecule has 4 aromatic rings. The van der Waals surface area contributed by atoms with Gasteiger partial charge in [-0.25, -0.2) is 9.37 Å². The number of fused-ring (bicyclic) bond motifs is 2. The van der Waals surface area contributed by atoms with Gasteiger partial charge in [-0.15, -0.1) is 0 Å². The first-order valence-corrected chi connectivity index (χ1v) is 22.4. The second kappa shape index (κ2) is 18.0. The van der Waals surface area contributed by atoms with Gasteiger partial charge in [-0.2, -0.15) is 4.98 Å². The Bertz CT molecular complexity index is 2550. The number of imide groups is 1. The molecule has 1 unspecified atom stereocenters. The van der Waals surface area contributed by atoms with E-state index in [9.17, 15) is 24.0 Å². The number of rotatable bonds is 12. The van der Waals surface area contributed by atoms with Crippen molar-refractivity contribution in [2.24, 2.45) is 0 Å². The first-order chi connectivity index (χ1) is 30.8. The molecule has 5 aliphatic rings. The summed E-state index contributed by atoms with van der Waals surface area (Å²) in [5.41, 5.74) is 2.17. The number of halogens is 2. The zero-order valence-corrected chi connectivity index (χ0v) is 36.8. The van der Waals surface area contributed by atoms with Crippen molar-refractivity contribution >= 4 is 69.3 Å². The molecule has 19 heteroatoms. The van der Waals surface area contributed by atoms with E-state index in [1.807, 2.05) is 36.9 Å². The van der Waals surface area contributed by atoms with E-state index in [0.29, 0.717) is 52.9 Å². The second-order valence-corrected chi connectivity index (χ2v) is 17.8. The van der Waals surface area contributed by atoms with Gasteiger partial charge in [-0.1, -0.05) is 11.6 Å². The van der Waals surface area contributed by atoms with Crippen LogP contribution >= 0.6 is 11.6 Å². The molecule has 0 bridgehead atoms. The van der Waals surface area contributed by atoms with Crippen LogP contribution in [0.15, 0.2) is 47.4 Å². The smallest absolute Gasteiger partial charge is 0.293 e. The molecule has 1 aliphatic carbocycles. The average molecular weight is 899 g/mol. The Balaban J connectivity index is 0.746. The highest BCUT2D eigenvalue weighted by Crippen LogP contribution is 2.37. The summed E-state index contributed by atoms with van der Waals surface area (Å²) >= 11 is 6.59. The van der Waals surface area contributed by atoms with Crippen LogP contribution in [0.3, 0.4) is 0 Å². The van der Waals surface area contributed by atoms with Crippen molar-refractivity contribution < 1.29 is 33.0 Å². The van der Waals surface area contributed by atoms with E-state index in [-0.39, 0.29) is 78.8 Å². The highest BCUT2D eigenvalue weighted by Gasteiger charge is 2.42. The van der Waals surface area contributed by atoms with Gasteiger partial charge in [-0.05, 0) is 82.3 Å². The lowest BCUT2D eigenvalue weighted by atomic mass is 9.87. The number of amides is 4. The number of benzene rings is 2. The van der Waals surface area contributed by atoms with Crippen LogP contribution in [-0.4, -0.2) is 125 Å². The molecule has 3 N–H and O–H groups in total. The van der Waals surface area contributed by atoms with Gasteiger partial charge >= 0.3 is 0 Å². The standard InChI is InChI=1S/C45H52ClFN10O7/c1-25(2)57-34-6-4-27(18-26(34)19-37(44(57)62)63-24-39(59)48-3)50-41-33(46)22-49-45(52-41)55-12-10-29(11-13-55)64-30-20-28(21-30)53-14-16-54(17-15-53)35-7-5-31-32(40(35)47)23-56(43(31)61)36-8-9-38(58)51-42(36)60/h4-7,18-19,22,25,28-30,36H,8-17,20-21,23-24H2,1-3H3,(H,48,59)(H,49,50,52)(H,51,58,60). The molecule has 4 aliphatic heterocycles. The van der Waals surface area contributed by atoms with Crippen LogP contribution in [0.4, 0.5) is 27.5 Å². The summed E-state index contributed by atoms with van der Waals surface area (Å²) in [6.07, 6.45) is 5.88. The van der Waals surface area contributed by atoms with Gasteiger partial charge < -0.3 is 39.4 Å². The van der Waals surface area contributed by atoms with Gasteiger partial charge in [0, 0.05) is 87.0 Å². The van der Waals surface area contributed by atoms with Gasteiger partial charge in [0.15, 0.2) is 24.0 Å². The summed E-state index contributed by atoms with van der Waals surface area (Å²) in [5, 5.41) is 9.22. The van der Waals surface area contributed by atoms with E-state index >= 15 is 4.39 Å². The number of pyridine rings is 1. The van der Waals surface area contributed by atoms with Crippen molar-refractivity contribution in [2.75, 3.05) is 68.0 Å². The lowest BCUT2D eigenvalue weighted by Crippen LogP contribution is -2.56. The Hall–Kier alpha value is -5.85. The molecule has 9 rings (SSSR count). The number of hydrogen-bond acceptors (Lipinski definition) is 13. The maximum atomic E-state index is 16.0. The molecular formula is C45H52ClFN10O7. The summed E-state index contributed by atoms with van der Waals surface area (Å²) < 4.78 is 29.8. The molecule has 4 fully saturated rings. The highest BCUT2D eigenvalue weighted by atomic mass is 35.5. The van der Waals surface area contributed by atoms with E-state index in [4.69, 9.17) is 26.1 Å². The number of nitrogens with one attached hydrogen (secondary N) is 3. The van der Waals surface area contributed by atoms with Crippen LogP contribution in [0.1, 0.15) is 74.3 Å². The monoisotopic (exact) mass is 898 g/mol. The van der Waals surface area contributed by atoms with E-state index < -0.39 is 17.8 Å². The maximum Gasteiger partial charge on any atom is 0.293 e. The fraction of sp³-hybridized carbons (Fsp3) is 0.489. The number of carbonyl (C=O) groups is 4. The molecule has 2 aromatic carbocycles. The third kappa shape index (κ3) is 8.57. The van der Waals surface area contributed by atoms with Crippen LogP contribution < -0.4 is 36.0 Å². The molecule has 1 atom stereocenters. The van der Waals surface area contributed by atoms with Crippen molar-refractivity contribution in [1.29, 1.82) is 0 Å². The van der Waals surface area contributed by atoms with Gasteiger partial charge in [0.05, 0.1) is 36.2 Å². The summed E-state index contributed by atoms with van der Waals surface area (Å²) in [7, 11) is 1.51. The summed E-state index contributed by atoms with van der Waals surface area (Å²) in [4.78, 5) is 79.7. The minimum Gasteiger partial charge on any atom is -0.478 e. The number of likely N-dealkylation sites (N-methyl/N-ethyl adjacent to an activating group) is 1. The van der Waals surface area contributed by atoms with E-state index in [2.05, 4.69) is 30.7 Å². The normalized spacial score (nSPS) is 21.9. The molecule has 2 aromatic heterocycles. The van der Waals surface area contributed by atoms with Crippen molar-refractivity contribution in [3.8, 4) is 5.75 Å². The number of anilines is 4. The van der Waals surface area contributed by atoms with E-state index in [1.165, 1.54) is 11.9 Å². The highest BCUT2D eigenvalue weighted by molar-refractivity contribution is 6.33. The largest absolute Gasteiger partial charge is 0.478 e. The number of nitrogens with zero attached hydrogens (tertiary/aromatic N) is 7. The van der Waals surface area contributed by atoms with Crippen molar-refractivity contribution in [3.63, 3.8) is 0 Å². The predicted octanol–water partition coefficient (Wildman–Crippen LogP) is 4.13. The van der Waals surface area contributed by atoms with Crippen LogP contribution in [0.2, 0.25) is 5.02 Å². The minimum atomic E-state index is -0.783. The molecule has 64 heavy (non-hydrogen) atoms. The molecule has 0 spiro atoms. The zero-order valence-electron chi connectivity index (χ0n) is 36.1. The molecule has 17 nitrogen and oxygen atoms in total. The van der Waals surface area contributed by atoms with Crippen molar-refractivity contribution in [3.05, 3.63) is 74.9 Å². The third-order valence-electron chi connectivity index (χ3n) is 13.1. The van der Waals surface area contributed by atoms with E-state index in [1.54, 1.807) is 29.0 Å².